The number of methoxy groups -OCH3 is 1. The largest absolute Gasteiger partial charge is 0.497 e. The molecule has 2 N–H and O–H groups in total. The molecule has 0 radical (unpaired) electrons. The number of anilines is 1. The first kappa shape index (κ1) is 28.1. The van der Waals surface area contributed by atoms with Gasteiger partial charge in [0.2, 0.25) is 5.91 Å². The van der Waals surface area contributed by atoms with Crippen LogP contribution in [0.5, 0.6) is 11.5 Å². The van der Waals surface area contributed by atoms with Gasteiger partial charge in [-0.05, 0) is 55.3 Å². The average Bonchev–Trinajstić information content (AvgIpc) is 2.99. The minimum absolute atomic E-state index is 0.101. The van der Waals surface area contributed by atoms with Gasteiger partial charge < -0.3 is 29.7 Å². The normalized spacial score (nSPS) is 20.0. The highest BCUT2D eigenvalue weighted by molar-refractivity contribution is 6.05. The number of hydrogen-bond acceptors (Lipinski definition) is 6. The van der Waals surface area contributed by atoms with E-state index in [2.05, 4.69) is 10.6 Å². The van der Waals surface area contributed by atoms with Gasteiger partial charge in [-0.15, -0.1) is 0 Å². The predicted molar refractivity (Wildman–Crippen MR) is 150 cm³/mol. The summed E-state index contributed by atoms with van der Waals surface area (Å²) in [6.45, 7) is 0.293. The molecule has 3 aromatic rings. The number of hydrogen-bond donors (Lipinski definition) is 2. The fourth-order valence-electron chi connectivity index (χ4n) is 5.19. The Morgan fingerprint density at radius 2 is 1.90 bits per heavy atom. The summed E-state index contributed by atoms with van der Waals surface area (Å²) in [7, 11) is 3.25. The number of carbonyl (C=O) groups excluding carboxylic acids is 3. The van der Waals surface area contributed by atoms with Gasteiger partial charge in [-0.3, -0.25) is 14.4 Å². The van der Waals surface area contributed by atoms with E-state index in [0.29, 0.717) is 46.7 Å². The Morgan fingerprint density at radius 1 is 1.07 bits per heavy atom. The van der Waals surface area contributed by atoms with E-state index in [1.807, 2.05) is 0 Å². The average molecular weight is 562 g/mol. The highest BCUT2D eigenvalue weighted by atomic mass is 19.1. The van der Waals surface area contributed by atoms with Gasteiger partial charge >= 0.3 is 0 Å². The summed E-state index contributed by atoms with van der Waals surface area (Å²) >= 11 is 0. The van der Waals surface area contributed by atoms with Crippen LogP contribution in [-0.4, -0.2) is 61.6 Å². The lowest BCUT2D eigenvalue weighted by molar-refractivity contribution is -0.134. The Bertz CT molecular complexity index is 1450. The van der Waals surface area contributed by atoms with Crippen LogP contribution in [0.4, 0.5) is 10.1 Å². The van der Waals surface area contributed by atoms with Crippen LogP contribution in [0.1, 0.15) is 45.5 Å². The first-order valence-corrected chi connectivity index (χ1v) is 13.5. The highest BCUT2D eigenvalue weighted by Gasteiger charge is 2.39. The summed E-state index contributed by atoms with van der Waals surface area (Å²) in [6, 6.07) is 17.8. The number of carbonyl (C=O) groups is 3. The topological polar surface area (TPSA) is 106 Å². The van der Waals surface area contributed by atoms with E-state index in [-0.39, 0.29) is 55.3 Å². The van der Waals surface area contributed by atoms with Crippen molar-refractivity contribution in [3.8, 4) is 11.5 Å². The fraction of sp³-hybridized carbons (Fsp3) is 0.323. The molecule has 3 atom stereocenters. The molecule has 2 aliphatic heterocycles. The molecule has 3 amide bonds. The Morgan fingerprint density at radius 3 is 2.71 bits per heavy atom. The van der Waals surface area contributed by atoms with Gasteiger partial charge in [0.15, 0.2) is 0 Å². The number of rotatable bonds is 7. The standard InChI is InChI=1S/C31H32FN3O6/c1-35-26-12-11-23(16-29(36)33-17-20-6-3-4-9-25(20)32)41-28(26)18-40-27-13-10-21(15-24(27)31(35)38)34-30(37)19-7-5-8-22(14-19)39-2/h3-10,13-15,23,26,28H,11-12,16-18H2,1-2H3,(H,33,36)(H,34,37)/t23-,26-,28+/m1/s1. The molecule has 1 fully saturated rings. The molecule has 0 bridgehead atoms. The van der Waals surface area contributed by atoms with Gasteiger partial charge in [-0.2, -0.15) is 0 Å². The number of nitrogens with one attached hydrogen (secondary N) is 2. The van der Waals surface area contributed by atoms with Gasteiger partial charge in [0, 0.05) is 30.4 Å². The van der Waals surface area contributed by atoms with Crippen molar-refractivity contribution in [3.05, 3.63) is 89.2 Å². The third-order valence-electron chi connectivity index (χ3n) is 7.45. The zero-order valence-electron chi connectivity index (χ0n) is 22.9. The number of amides is 3. The van der Waals surface area contributed by atoms with Crippen molar-refractivity contribution in [1.82, 2.24) is 10.2 Å². The van der Waals surface area contributed by atoms with Crippen LogP contribution in [0, 0.1) is 5.82 Å². The Kier molecular flexibility index (Phi) is 8.49. The number of likely N-dealkylation sites (N-methyl/N-ethyl adjacent to an activating group) is 1. The molecule has 0 saturated carbocycles. The third kappa shape index (κ3) is 6.49. The number of fused-ring (bicyclic) bond motifs is 2. The number of halogens is 1. The first-order valence-electron chi connectivity index (χ1n) is 13.5. The van der Waals surface area contributed by atoms with Crippen LogP contribution >= 0.6 is 0 Å². The summed E-state index contributed by atoms with van der Waals surface area (Å²) in [6.07, 6.45) is 0.556. The minimum atomic E-state index is -0.428. The molecule has 3 aromatic carbocycles. The molecule has 0 aliphatic carbocycles. The summed E-state index contributed by atoms with van der Waals surface area (Å²) in [4.78, 5) is 40.5. The summed E-state index contributed by atoms with van der Waals surface area (Å²) in [5.41, 5.74) is 1.64. The van der Waals surface area contributed by atoms with Crippen molar-refractivity contribution >= 4 is 23.4 Å². The molecule has 2 aliphatic rings. The second-order valence-electron chi connectivity index (χ2n) is 10.1. The van der Waals surface area contributed by atoms with Gasteiger partial charge in [0.25, 0.3) is 11.8 Å². The molecule has 5 rings (SSSR count). The molecule has 1 saturated heterocycles. The van der Waals surface area contributed by atoms with Crippen LogP contribution < -0.4 is 20.1 Å². The summed E-state index contributed by atoms with van der Waals surface area (Å²) < 4.78 is 31.3. The monoisotopic (exact) mass is 561 g/mol. The van der Waals surface area contributed by atoms with Crippen molar-refractivity contribution < 1.29 is 33.0 Å². The van der Waals surface area contributed by atoms with Crippen LogP contribution in [-0.2, 0) is 16.1 Å². The maximum absolute atomic E-state index is 13.9. The summed E-state index contributed by atoms with van der Waals surface area (Å²) in [5, 5.41) is 5.59. The van der Waals surface area contributed by atoms with E-state index in [4.69, 9.17) is 14.2 Å². The Hall–Kier alpha value is -4.44. The fourth-order valence-corrected chi connectivity index (χ4v) is 5.19. The van der Waals surface area contributed by atoms with Crippen molar-refractivity contribution in [1.29, 1.82) is 0 Å². The van der Waals surface area contributed by atoms with Crippen LogP contribution in [0.2, 0.25) is 0 Å². The maximum atomic E-state index is 13.9. The predicted octanol–water partition coefficient (Wildman–Crippen LogP) is 4.17. The van der Waals surface area contributed by atoms with Crippen LogP contribution in [0.15, 0.2) is 66.7 Å². The summed E-state index contributed by atoms with van der Waals surface area (Å²) in [5.74, 6) is -0.237. The molecule has 9 nitrogen and oxygen atoms in total. The van der Waals surface area contributed by atoms with Crippen molar-refractivity contribution in [2.24, 2.45) is 0 Å². The van der Waals surface area contributed by atoms with E-state index in [1.165, 1.54) is 13.2 Å². The van der Waals surface area contributed by atoms with E-state index >= 15 is 0 Å². The van der Waals surface area contributed by atoms with Crippen LogP contribution in [0.25, 0.3) is 0 Å². The van der Waals surface area contributed by atoms with Gasteiger partial charge in [0.05, 0.1) is 31.2 Å². The molecule has 41 heavy (non-hydrogen) atoms. The SMILES string of the molecule is COc1cccc(C(=O)Nc2ccc3c(c2)C(=O)N(C)[C@@H]2CC[C@H](CC(=O)NCc4ccccc4F)O[C@H]2CO3)c1. The van der Waals surface area contributed by atoms with E-state index in [9.17, 15) is 18.8 Å². The molecule has 0 unspecified atom stereocenters. The number of nitrogens with zero attached hydrogens (tertiary/aromatic N) is 1. The molecule has 2 heterocycles. The van der Waals surface area contributed by atoms with Crippen LogP contribution in [0.3, 0.4) is 0 Å². The second kappa shape index (κ2) is 12.4. The van der Waals surface area contributed by atoms with Gasteiger partial charge in [-0.1, -0.05) is 24.3 Å². The molecular formula is C31H32FN3O6. The van der Waals surface area contributed by atoms with Gasteiger partial charge in [0.1, 0.15) is 30.0 Å². The minimum Gasteiger partial charge on any atom is -0.497 e. The van der Waals surface area contributed by atoms with E-state index in [0.717, 1.165) is 0 Å². The second-order valence-corrected chi connectivity index (χ2v) is 10.1. The Balaban J connectivity index is 1.22. The van der Waals surface area contributed by atoms with E-state index < -0.39 is 6.10 Å². The molecule has 214 valence electrons. The lowest BCUT2D eigenvalue weighted by atomic mass is 9.94. The first-order chi connectivity index (χ1) is 19.8. The van der Waals surface area contributed by atoms with Crippen molar-refractivity contribution in [3.63, 3.8) is 0 Å². The third-order valence-corrected chi connectivity index (χ3v) is 7.45. The van der Waals surface area contributed by atoms with Crippen molar-refractivity contribution in [2.75, 3.05) is 26.1 Å². The molecule has 0 spiro atoms. The van der Waals surface area contributed by atoms with Crippen molar-refractivity contribution in [2.45, 2.75) is 44.1 Å². The maximum Gasteiger partial charge on any atom is 0.257 e. The number of benzene rings is 3. The lowest BCUT2D eigenvalue weighted by Crippen LogP contribution is -2.53. The smallest absolute Gasteiger partial charge is 0.257 e. The van der Waals surface area contributed by atoms with E-state index in [1.54, 1.807) is 72.6 Å². The molecule has 0 aromatic heterocycles. The quantitative estimate of drug-likeness (QED) is 0.449. The highest BCUT2D eigenvalue weighted by Crippen LogP contribution is 2.32. The zero-order valence-corrected chi connectivity index (χ0v) is 22.9. The number of ether oxygens (including phenoxy) is 3. The van der Waals surface area contributed by atoms with Gasteiger partial charge in [-0.25, -0.2) is 4.39 Å². The molecule has 10 heteroatoms. The Labute approximate surface area is 237 Å². The lowest BCUT2D eigenvalue weighted by Gasteiger charge is -2.42. The zero-order chi connectivity index (χ0) is 28.9. The molecular weight excluding hydrogens is 529 g/mol.